The maximum Gasteiger partial charge on any atom is 0.243 e. The van der Waals surface area contributed by atoms with E-state index in [4.69, 9.17) is 9.72 Å². The summed E-state index contributed by atoms with van der Waals surface area (Å²) in [7, 11) is -2.07. The third-order valence-electron chi connectivity index (χ3n) is 8.36. The molecule has 1 fully saturated rings. The van der Waals surface area contributed by atoms with E-state index >= 15 is 0 Å². The molecule has 2 aliphatic rings. The summed E-state index contributed by atoms with van der Waals surface area (Å²) in [5, 5.41) is 0. The van der Waals surface area contributed by atoms with E-state index in [0.29, 0.717) is 60.7 Å². The zero-order valence-corrected chi connectivity index (χ0v) is 25.2. The Morgan fingerprint density at radius 2 is 1.80 bits per heavy atom. The number of methoxy groups -OCH3 is 1. The van der Waals surface area contributed by atoms with Crippen LogP contribution < -0.4 is 4.74 Å². The fourth-order valence-corrected chi connectivity index (χ4v) is 8.38. The molecule has 2 aromatic heterocycles. The predicted molar refractivity (Wildman–Crippen MR) is 157 cm³/mol. The van der Waals surface area contributed by atoms with Gasteiger partial charge in [0.25, 0.3) is 0 Å². The molecule has 1 amide bonds. The SMILES string of the molecule is COc1cc(C)c(S(=O)(=O)N2CCCCC2CCCC(=O)N2CCn3cc(CCc4ccncc4)nc3C2)c(C)c1. The van der Waals surface area contributed by atoms with E-state index in [0.717, 1.165) is 50.2 Å². The van der Waals surface area contributed by atoms with Crippen molar-refractivity contribution in [1.82, 2.24) is 23.7 Å². The molecule has 41 heavy (non-hydrogen) atoms. The Bertz CT molecular complexity index is 1450. The van der Waals surface area contributed by atoms with Gasteiger partial charge in [-0.05, 0) is 93.3 Å². The highest BCUT2D eigenvalue weighted by atomic mass is 32.2. The average Bonchev–Trinajstić information content (AvgIpc) is 3.38. The summed E-state index contributed by atoms with van der Waals surface area (Å²) in [5.41, 5.74) is 3.68. The number of nitrogens with zero attached hydrogens (tertiary/aromatic N) is 5. The lowest BCUT2D eigenvalue weighted by atomic mass is 9.99. The van der Waals surface area contributed by atoms with Crippen LogP contribution in [-0.2, 0) is 40.7 Å². The van der Waals surface area contributed by atoms with Crippen molar-refractivity contribution in [2.45, 2.75) is 89.2 Å². The standard InChI is InChI=1S/C31H41N5O4S/c1-23-19-28(40-3)20-24(2)31(23)41(38,39)36-16-5-4-7-27(36)8-6-9-30(37)35-18-17-34-21-26(33-29(34)22-35)11-10-25-12-14-32-15-13-25/h12-15,19-21,27H,4-11,16-18,22H2,1-3H3. The van der Waals surface area contributed by atoms with Crippen LogP contribution in [0.4, 0.5) is 0 Å². The summed E-state index contributed by atoms with van der Waals surface area (Å²) in [4.78, 5) is 24.3. The van der Waals surface area contributed by atoms with Crippen molar-refractivity contribution < 1.29 is 17.9 Å². The van der Waals surface area contributed by atoms with Crippen molar-refractivity contribution in [2.24, 2.45) is 0 Å². The summed E-state index contributed by atoms with van der Waals surface area (Å²) in [5.74, 6) is 1.71. The quantitative estimate of drug-likeness (QED) is 0.352. The molecule has 4 heterocycles. The molecule has 0 aliphatic carbocycles. The Morgan fingerprint density at radius 3 is 2.54 bits per heavy atom. The summed E-state index contributed by atoms with van der Waals surface area (Å²) in [6.07, 6.45) is 11.9. The summed E-state index contributed by atoms with van der Waals surface area (Å²) < 4.78 is 36.8. The van der Waals surface area contributed by atoms with E-state index < -0.39 is 10.0 Å². The summed E-state index contributed by atoms with van der Waals surface area (Å²) in [6, 6.07) is 7.53. The molecule has 0 bridgehead atoms. The van der Waals surface area contributed by atoms with Crippen LogP contribution in [0, 0.1) is 13.8 Å². The van der Waals surface area contributed by atoms with E-state index in [-0.39, 0.29) is 11.9 Å². The van der Waals surface area contributed by atoms with Crippen LogP contribution in [0.25, 0.3) is 0 Å². The Kier molecular flexibility index (Phi) is 9.09. The first-order valence-electron chi connectivity index (χ1n) is 14.6. The highest BCUT2D eigenvalue weighted by Crippen LogP contribution is 2.33. The number of fused-ring (bicyclic) bond motifs is 1. The van der Waals surface area contributed by atoms with Gasteiger partial charge in [0.15, 0.2) is 0 Å². The number of rotatable bonds is 10. The molecular formula is C31H41N5O4S. The lowest BCUT2D eigenvalue weighted by Crippen LogP contribution is -2.44. The first-order chi connectivity index (χ1) is 19.8. The number of amides is 1. The van der Waals surface area contributed by atoms with Crippen LogP contribution in [0.15, 0.2) is 47.8 Å². The highest BCUT2D eigenvalue weighted by molar-refractivity contribution is 7.89. The van der Waals surface area contributed by atoms with E-state index in [9.17, 15) is 13.2 Å². The average molecular weight is 580 g/mol. The van der Waals surface area contributed by atoms with Gasteiger partial charge in [-0.2, -0.15) is 4.31 Å². The number of carbonyl (C=O) groups is 1. The third-order valence-corrected chi connectivity index (χ3v) is 10.6. The number of pyridine rings is 1. The fraction of sp³-hybridized carbons (Fsp3) is 0.516. The minimum atomic E-state index is -3.65. The van der Waals surface area contributed by atoms with Crippen molar-refractivity contribution in [3.8, 4) is 5.75 Å². The molecule has 1 aromatic carbocycles. The molecule has 0 saturated carbocycles. The van der Waals surface area contributed by atoms with E-state index in [1.807, 2.05) is 43.3 Å². The van der Waals surface area contributed by atoms with Gasteiger partial charge < -0.3 is 14.2 Å². The number of carbonyl (C=O) groups excluding carboxylic acids is 1. The number of imidazole rings is 1. The van der Waals surface area contributed by atoms with Crippen LogP contribution in [0.1, 0.15) is 66.7 Å². The summed E-state index contributed by atoms with van der Waals surface area (Å²) in [6.45, 7) is 6.12. The molecular weight excluding hydrogens is 538 g/mol. The van der Waals surface area contributed by atoms with E-state index in [1.54, 1.807) is 23.5 Å². The number of hydrogen-bond donors (Lipinski definition) is 0. The molecule has 2 aliphatic heterocycles. The molecule has 0 spiro atoms. The fourth-order valence-electron chi connectivity index (χ4n) is 6.24. The number of hydrogen-bond acceptors (Lipinski definition) is 6. The van der Waals surface area contributed by atoms with Crippen LogP contribution >= 0.6 is 0 Å². The largest absolute Gasteiger partial charge is 0.497 e. The third kappa shape index (κ3) is 6.64. The van der Waals surface area contributed by atoms with Gasteiger partial charge in [-0.1, -0.05) is 6.42 Å². The van der Waals surface area contributed by atoms with Gasteiger partial charge in [0, 0.05) is 50.7 Å². The van der Waals surface area contributed by atoms with Crippen LogP contribution in [-0.4, -0.2) is 64.3 Å². The first-order valence-corrected chi connectivity index (χ1v) is 16.1. The Labute approximate surface area is 243 Å². The molecule has 1 saturated heterocycles. The maximum atomic E-state index is 13.8. The van der Waals surface area contributed by atoms with Gasteiger partial charge in [0.2, 0.25) is 15.9 Å². The number of ether oxygens (including phenoxy) is 1. The van der Waals surface area contributed by atoms with Gasteiger partial charge >= 0.3 is 0 Å². The van der Waals surface area contributed by atoms with Crippen molar-refractivity contribution in [1.29, 1.82) is 0 Å². The Hall–Kier alpha value is -3.24. The molecule has 3 aromatic rings. The Morgan fingerprint density at radius 1 is 1.05 bits per heavy atom. The van der Waals surface area contributed by atoms with Gasteiger partial charge in [0.05, 0.1) is 24.2 Å². The first kappa shape index (κ1) is 29.3. The minimum Gasteiger partial charge on any atom is -0.497 e. The molecule has 9 nitrogen and oxygen atoms in total. The second-order valence-electron chi connectivity index (χ2n) is 11.3. The second kappa shape index (κ2) is 12.7. The lowest BCUT2D eigenvalue weighted by Gasteiger charge is -2.35. The molecule has 0 N–H and O–H groups in total. The summed E-state index contributed by atoms with van der Waals surface area (Å²) >= 11 is 0. The number of aryl methyl sites for hydroxylation is 4. The van der Waals surface area contributed by atoms with E-state index in [1.165, 1.54) is 5.56 Å². The highest BCUT2D eigenvalue weighted by Gasteiger charge is 2.35. The second-order valence-corrected chi connectivity index (χ2v) is 13.1. The minimum absolute atomic E-state index is 0.0920. The number of aromatic nitrogens is 3. The van der Waals surface area contributed by atoms with Gasteiger partial charge in [0.1, 0.15) is 11.6 Å². The van der Waals surface area contributed by atoms with Gasteiger partial charge in [-0.3, -0.25) is 9.78 Å². The van der Waals surface area contributed by atoms with Gasteiger partial charge in [-0.15, -0.1) is 0 Å². The molecule has 1 atom stereocenters. The number of piperidine rings is 1. The van der Waals surface area contributed by atoms with Gasteiger partial charge in [-0.25, -0.2) is 13.4 Å². The number of benzene rings is 1. The molecule has 220 valence electrons. The van der Waals surface area contributed by atoms with Crippen molar-refractivity contribution in [3.63, 3.8) is 0 Å². The van der Waals surface area contributed by atoms with Crippen molar-refractivity contribution in [2.75, 3.05) is 20.2 Å². The Balaban J connectivity index is 1.16. The number of sulfonamides is 1. The molecule has 0 radical (unpaired) electrons. The van der Waals surface area contributed by atoms with Crippen LogP contribution in [0.3, 0.4) is 0 Å². The molecule has 5 rings (SSSR count). The normalized spacial score (nSPS) is 17.8. The van der Waals surface area contributed by atoms with E-state index in [2.05, 4.69) is 15.7 Å². The monoisotopic (exact) mass is 579 g/mol. The van der Waals surface area contributed by atoms with Crippen molar-refractivity contribution in [3.05, 3.63) is 71.1 Å². The zero-order valence-electron chi connectivity index (χ0n) is 24.4. The zero-order chi connectivity index (χ0) is 29.0. The molecule has 1 unspecified atom stereocenters. The smallest absolute Gasteiger partial charge is 0.243 e. The van der Waals surface area contributed by atoms with Crippen LogP contribution in [0.2, 0.25) is 0 Å². The topological polar surface area (TPSA) is 97.6 Å². The molecule has 10 heteroatoms. The predicted octanol–water partition coefficient (Wildman–Crippen LogP) is 4.44. The van der Waals surface area contributed by atoms with Crippen molar-refractivity contribution >= 4 is 15.9 Å². The maximum absolute atomic E-state index is 13.8. The van der Waals surface area contributed by atoms with Crippen LogP contribution in [0.5, 0.6) is 5.75 Å². The lowest BCUT2D eigenvalue weighted by molar-refractivity contribution is -0.132.